The first-order valence-corrected chi connectivity index (χ1v) is 14.7. The fourth-order valence-electron chi connectivity index (χ4n) is 3.39. The molecule has 0 aromatic heterocycles. The zero-order valence-corrected chi connectivity index (χ0v) is 21.8. The Morgan fingerprint density at radius 1 is 0.867 bits per heavy atom. The summed E-state index contributed by atoms with van der Waals surface area (Å²) in [5.41, 5.74) is 0. The van der Waals surface area contributed by atoms with Crippen LogP contribution < -0.4 is 5.32 Å². The molecule has 0 aromatic rings. The molecule has 2 N–H and O–H groups in total. The molecule has 0 radical (unpaired) electrons. The van der Waals surface area contributed by atoms with Crippen LogP contribution in [0.4, 0.5) is 0 Å². The predicted octanol–water partition coefficient (Wildman–Crippen LogP) is 2.76. The fraction of sp³-hybridized carbons (Fsp3) is 0.947. The fourth-order valence-corrected chi connectivity index (χ4v) is 7.75. The lowest BCUT2D eigenvalue weighted by Gasteiger charge is -2.30. The number of carbonyl (C=O) groups is 1. The van der Waals surface area contributed by atoms with Crippen LogP contribution in [-0.2, 0) is 31.4 Å². The second-order valence-electron chi connectivity index (χ2n) is 6.96. The summed E-state index contributed by atoms with van der Waals surface area (Å²) in [4.78, 5) is 11.6. The monoisotopic (exact) mass is 469 g/mol. The maximum Gasteiger partial charge on any atom is 0.500 e. The molecule has 0 bridgehead atoms. The second kappa shape index (κ2) is 16.3. The lowest BCUT2D eigenvalue weighted by Crippen LogP contribution is -2.46. The Hall–Kier alpha value is -0.376. The SMILES string of the molecule is CCO[Si](CCCC(NCCC[Si](OC)(OC)OC)C(C)C(=O)O)(OCC)OCC. The molecule has 0 fully saturated rings. The molecule has 0 amide bonds. The lowest BCUT2D eigenvalue weighted by atomic mass is 9.97. The van der Waals surface area contributed by atoms with Crippen molar-refractivity contribution in [3.8, 4) is 0 Å². The minimum Gasteiger partial charge on any atom is -0.481 e. The van der Waals surface area contributed by atoms with Gasteiger partial charge in [0.25, 0.3) is 0 Å². The van der Waals surface area contributed by atoms with Gasteiger partial charge in [-0.1, -0.05) is 6.92 Å². The maximum atomic E-state index is 11.6. The molecule has 0 saturated heterocycles. The third-order valence-corrected chi connectivity index (χ3v) is 11.1. The van der Waals surface area contributed by atoms with Crippen LogP contribution in [0.3, 0.4) is 0 Å². The average Bonchev–Trinajstić information content (AvgIpc) is 2.73. The average molecular weight is 470 g/mol. The number of carboxylic acids is 1. The Bertz CT molecular complexity index is 429. The van der Waals surface area contributed by atoms with Crippen LogP contribution in [0.15, 0.2) is 0 Å². The van der Waals surface area contributed by atoms with E-state index in [1.165, 1.54) is 0 Å². The Balaban J connectivity index is 4.85. The summed E-state index contributed by atoms with van der Waals surface area (Å²) in [6.07, 6.45) is 2.21. The topological polar surface area (TPSA) is 105 Å². The molecule has 180 valence electrons. The molecule has 0 aromatic carbocycles. The number of rotatable bonds is 20. The third kappa shape index (κ3) is 10.3. The second-order valence-corrected chi connectivity index (χ2v) is 12.8. The van der Waals surface area contributed by atoms with E-state index in [9.17, 15) is 9.90 Å². The molecular weight excluding hydrogens is 426 g/mol. The van der Waals surface area contributed by atoms with Crippen molar-refractivity contribution in [2.24, 2.45) is 5.92 Å². The van der Waals surface area contributed by atoms with E-state index in [0.29, 0.717) is 44.9 Å². The molecule has 2 atom stereocenters. The highest BCUT2D eigenvalue weighted by Crippen LogP contribution is 2.22. The summed E-state index contributed by atoms with van der Waals surface area (Å²) in [6.45, 7) is 9.77. The van der Waals surface area contributed by atoms with E-state index in [1.807, 2.05) is 20.8 Å². The van der Waals surface area contributed by atoms with Crippen molar-refractivity contribution in [3.05, 3.63) is 0 Å². The highest BCUT2D eigenvalue weighted by molar-refractivity contribution is 6.61. The van der Waals surface area contributed by atoms with E-state index in [-0.39, 0.29) is 6.04 Å². The van der Waals surface area contributed by atoms with Gasteiger partial charge in [0.1, 0.15) is 0 Å². The quantitative estimate of drug-likeness (QED) is 0.206. The standard InChI is InChI=1S/C19H43NO8Si2/c1-8-26-30(27-9-2,28-10-3)15-11-13-18(17(4)19(21)22)20-14-12-16-29(23-5,24-6)25-7/h17-18,20H,8-16H2,1-7H3,(H,21,22). The molecule has 0 aliphatic heterocycles. The van der Waals surface area contributed by atoms with Gasteiger partial charge in [-0.05, 0) is 46.6 Å². The molecule has 0 rings (SSSR count). The first kappa shape index (κ1) is 29.6. The number of hydrogen-bond donors (Lipinski definition) is 2. The minimum atomic E-state index is -2.72. The molecule has 0 aliphatic carbocycles. The Labute approximate surface area is 184 Å². The molecule has 30 heavy (non-hydrogen) atoms. The zero-order valence-electron chi connectivity index (χ0n) is 19.8. The summed E-state index contributed by atoms with van der Waals surface area (Å²) >= 11 is 0. The predicted molar refractivity (Wildman–Crippen MR) is 119 cm³/mol. The van der Waals surface area contributed by atoms with Crippen LogP contribution >= 0.6 is 0 Å². The Morgan fingerprint density at radius 2 is 1.33 bits per heavy atom. The van der Waals surface area contributed by atoms with Crippen molar-refractivity contribution in [3.63, 3.8) is 0 Å². The van der Waals surface area contributed by atoms with Gasteiger partial charge in [0.05, 0.1) is 5.92 Å². The van der Waals surface area contributed by atoms with Crippen molar-refractivity contribution in [2.75, 3.05) is 47.7 Å². The van der Waals surface area contributed by atoms with Gasteiger partial charge in [-0.3, -0.25) is 4.79 Å². The van der Waals surface area contributed by atoms with E-state index >= 15 is 0 Å². The van der Waals surface area contributed by atoms with Crippen LogP contribution in [0.1, 0.15) is 47.0 Å². The number of nitrogens with one attached hydrogen (secondary N) is 1. The van der Waals surface area contributed by atoms with Crippen LogP contribution in [-0.4, -0.2) is 82.4 Å². The normalized spacial score (nSPS) is 14.6. The van der Waals surface area contributed by atoms with E-state index in [2.05, 4.69) is 5.32 Å². The van der Waals surface area contributed by atoms with E-state index in [0.717, 1.165) is 12.8 Å². The summed E-state index contributed by atoms with van der Waals surface area (Å²) in [5, 5.41) is 12.9. The van der Waals surface area contributed by atoms with Crippen LogP contribution in [0.2, 0.25) is 12.1 Å². The van der Waals surface area contributed by atoms with Crippen LogP contribution in [0.25, 0.3) is 0 Å². The van der Waals surface area contributed by atoms with Gasteiger partial charge >= 0.3 is 23.6 Å². The number of aliphatic carboxylic acids is 1. The Kier molecular flexibility index (Phi) is 16.1. The highest BCUT2D eigenvalue weighted by Gasteiger charge is 2.40. The Morgan fingerprint density at radius 3 is 1.73 bits per heavy atom. The number of carboxylic acid groups (broad SMARTS) is 1. The lowest BCUT2D eigenvalue weighted by molar-refractivity contribution is -0.142. The molecule has 0 saturated carbocycles. The van der Waals surface area contributed by atoms with Gasteiger partial charge in [-0.25, -0.2) is 0 Å². The molecule has 9 nitrogen and oxygen atoms in total. The van der Waals surface area contributed by atoms with Crippen LogP contribution in [0, 0.1) is 5.92 Å². The summed E-state index contributed by atoms with van der Waals surface area (Å²) in [7, 11) is -0.566. The molecule has 0 heterocycles. The maximum absolute atomic E-state index is 11.6. The smallest absolute Gasteiger partial charge is 0.481 e. The van der Waals surface area contributed by atoms with Gasteiger partial charge in [0.2, 0.25) is 0 Å². The molecular formula is C19H43NO8Si2. The first-order chi connectivity index (χ1) is 14.3. The molecule has 0 aliphatic rings. The largest absolute Gasteiger partial charge is 0.500 e. The van der Waals surface area contributed by atoms with E-state index in [4.69, 9.17) is 26.6 Å². The van der Waals surface area contributed by atoms with Gasteiger partial charge in [0, 0.05) is 59.3 Å². The van der Waals surface area contributed by atoms with Crippen molar-refractivity contribution >= 4 is 23.6 Å². The molecule has 11 heteroatoms. The summed E-state index contributed by atoms with van der Waals surface area (Å²) < 4.78 is 34.0. The van der Waals surface area contributed by atoms with E-state index in [1.54, 1.807) is 28.3 Å². The van der Waals surface area contributed by atoms with Gasteiger partial charge in [0.15, 0.2) is 0 Å². The minimum absolute atomic E-state index is 0.164. The van der Waals surface area contributed by atoms with Crippen molar-refractivity contribution < 1.29 is 36.5 Å². The molecule has 0 spiro atoms. The third-order valence-electron chi connectivity index (χ3n) is 5.08. The van der Waals surface area contributed by atoms with Crippen molar-refractivity contribution in [1.29, 1.82) is 0 Å². The van der Waals surface area contributed by atoms with Crippen molar-refractivity contribution in [1.82, 2.24) is 5.32 Å². The van der Waals surface area contributed by atoms with Gasteiger partial charge in [-0.2, -0.15) is 0 Å². The van der Waals surface area contributed by atoms with Gasteiger partial charge in [-0.15, -0.1) is 0 Å². The molecule has 2 unspecified atom stereocenters. The van der Waals surface area contributed by atoms with Gasteiger partial charge < -0.3 is 37.0 Å². The highest BCUT2D eigenvalue weighted by atomic mass is 28.4. The zero-order chi connectivity index (χ0) is 23.0. The van der Waals surface area contributed by atoms with E-state index < -0.39 is 29.5 Å². The van der Waals surface area contributed by atoms with Crippen LogP contribution in [0.5, 0.6) is 0 Å². The summed E-state index contributed by atoms with van der Waals surface area (Å²) in [6, 6.07) is 1.16. The first-order valence-electron chi connectivity index (χ1n) is 10.8. The summed E-state index contributed by atoms with van der Waals surface area (Å²) in [5.74, 6) is -1.33. The number of hydrogen-bond acceptors (Lipinski definition) is 8. The van der Waals surface area contributed by atoms with Crippen molar-refractivity contribution in [2.45, 2.75) is 65.1 Å².